The molecule has 1 atom stereocenters. The van der Waals surface area contributed by atoms with Gasteiger partial charge in [-0.1, -0.05) is 37.6 Å². The molecular weight excluding hydrogens is 192 g/mol. The summed E-state index contributed by atoms with van der Waals surface area (Å²) < 4.78 is 0. The Morgan fingerprint density at radius 1 is 1.38 bits per heavy atom. The maximum absolute atomic E-state index is 4.13. The van der Waals surface area contributed by atoms with Crippen LogP contribution in [0.4, 0.5) is 0 Å². The van der Waals surface area contributed by atoms with E-state index in [9.17, 15) is 0 Å². The molecule has 1 radical (unpaired) electrons. The molecule has 0 saturated heterocycles. The van der Waals surface area contributed by atoms with E-state index in [4.69, 9.17) is 0 Å². The van der Waals surface area contributed by atoms with Crippen molar-refractivity contribution in [2.45, 2.75) is 44.4 Å². The molecule has 1 aliphatic rings. The summed E-state index contributed by atoms with van der Waals surface area (Å²) in [6.45, 7) is 10.2. The Kier molecular flexibility index (Phi) is 3.48. The zero-order chi connectivity index (χ0) is 11.5. The SMILES string of the molecule is [CH2]C(C=C)c1cc(CCC)cc(C2CC2)c1. The molecule has 0 nitrogen and oxygen atoms in total. The van der Waals surface area contributed by atoms with Crippen LogP contribution >= 0.6 is 0 Å². The normalized spacial score (nSPS) is 17.1. The summed E-state index contributed by atoms with van der Waals surface area (Å²) in [5.74, 6) is 1.06. The van der Waals surface area contributed by atoms with Crippen molar-refractivity contribution in [1.29, 1.82) is 0 Å². The average molecular weight is 213 g/mol. The minimum Gasteiger partial charge on any atom is -0.102 e. The van der Waals surface area contributed by atoms with Crippen LogP contribution in [0, 0.1) is 6.92 Å². The lowest BCUT2D eigenvalue weighted by molar-refractivity contribution is 0.908. The first-order valence-corrected chi connectivity index (χ1v) is 6.34. The van der Waals surface area contributed by atoms with E-state index >= 15 is 0 Å². The maximum Gasteiger partial charge on any atom is 0.00158 e. The van der Waals surface area contributed by atoms with Gasteiger partial charge in [0, 0.05) is 5.92 Å². The molecule has 1 fully saturated rings. The van der Waals surface area contributed by atoms with Crippen molar-refractivity contribution < 1.29 is 0 Å². The van der Waals surface area contributed by atoms with Gasteiger partial charge in [-0.2, -0.15) is 0 Å². The Morgan fingerprint density at radius 2 is 2.12 bits per heavy atom. The van der Waals surface area contributed by atoms with Crippen molar-refractivity contribution >= 4 is 0 Å². The lowest BCUT2D eigenvalue weighted by atomic mass is 9.93. The van der Waals surface area contributed by atoms with Gasteiger partial charge in [0.2, 0.25) is 0 Å². The Bertz CT molecular complexity index is 372. The van der Waals surface area contributed by atoms with Crippen molar-refractivity contribution in [3.05, 3.63) is 54.5 Å². The highest BCUT2D eigenvalue weighted by Crippen LogP contribution is 2.41. The van der Waals surface area contributed by atoms with Gasteiger partial charge in [0.25, 0.3) is 0 Å². The molecule has 1 aromatic rings. The standard InChI is InChI=1S/C16H21/c1-4-6-13-9-15(12(3)5-2)11-16(10-13)14-7-8-14/h5,9-12,14H,2-4,6-8H2,1H3. The zero-order valence-corrected chi connectivity index (χ0v) is 10.2. The third-order valence-corrected chi connectivity index (χ3v) is 3.34. The molecule has 0 heterocycles. The second kappa shape index (κ2) is 4.86. The Hall–Kier alpha value is -1.04. The largest absolute Gasteiger partial charge is 0.102 e. The van der Waals surface area contributed by atoms with Crippen LogP contribution in [-0.4, -0.2) is 0 Å². The van der Waals surface area contributed by atoms with E-state index in [1.54, 1.807) is 0 Å². The molecule has 0 aromatic heterocycles. The summed E-state index contributed by atoms with van der Waals surface area (Å²) in [5.41, 5.74) is 4.33. The quantitative estimate of drug-likeness (QED) is 0.626. The molecule has 0 bridgehead atoms. The fraction of sp³-hybridized carbons (Fsp3) is 0.438. The second-order valence-corrected chi connectivity index (χ2v) is 4.87. The minimum absolute atomic E-state index is 0.231. The summed E-state index contributed by atoms with van der Waals surface area (Å²) in [6, 6.07) is 7.02. The molecule has 16 heavy (non-hydrogen) atoms. The molecule has 1 unspecified atom stereocenters. The summed E-state index contributed by atoms with van der Waals surface area (Å²) in [5, 5.41) is 0. The number of benzene rings is 1. The average Bonchev–Trinajstić information content (AvgIpc) is 3.12. The molecular formula is C16H21. The number of hydrogen-bond acceptors (Lipinski definition) is 0. The van der Waals surface area contributed by atoms with Gasteiger partial charge in [0.1, 0.15) is 0 Å². The van der Waals surface area contributed by atoms with Crippen molar-refractivity contribution in [3.8, 4) is 0 Å². The molecule has 2 rings (SSSR count). The summed E-state index contributed by atoms with van der Waals surface area (Å²) in [6.07, 6.45) is 7.05. The fourth-order valence-corrected chi connectivity index (χ4v) is 2.18. The number of aryl methyl sites for hydroxylation is 1. The number of hydrogen-bond donors (Lipinski definition) is 0. The monoisotopic (exact) mass is 213 g/mol. The Balaban J connectivity index is 2.31. The number of allylic oxidation sites excluding steroid dienone is 1. The summed E-state index contributed by atoms with van der Waals surface area (Å²) in [7, 11) is 0. The van der Waals surface area contributed by atoms with Crippen LogP contribution in [0.2, 0.25) is 0 Å². The van der Waals surface area contributed by atoms with Gasteiger partial charge in [-0.25, -0.2) is 0 Å². The Labute approximate surface area is 99.4 Å². The van der Waals surface area contributed by atoms with Crippen LogP contribution in [0.5, 0.6) is 0 Å². The van der Waals surface area contributed by atoms with Gasteiger partial charge in [0.05, 0.1) is 0 Å². The first kappa shape index (κ1) is 11.4. The van der Waals surface area contributed by atoms with E-state index in [1.807, 2.05) is 6.08 Å². The van der Waals surface area contributed by atoms with Gasteiger partial charge < -0.3 is 0 Å². The van der Waals surface area contributed by atoms with Crippen LogP contribution in [0.15, 0.2) is 30.9 Å². The van der Waals surface area contributed by atoms with E-state index in [0.29, 0.717) is 0 Å². The first-order chi connectivity index (χ1) is 7.74. The molecule has 0 heteroatoms. The third-order valence-electron chi connectivity index (χ3n) is 3.34. The van der Waals surface area contributed by atoms with Gasteiger partial charge in [0.15, 0.2) is 0 Å². The summed E-state index contributed by atoms with van der Waals surface area (Å²) in [4.78, 5) is 0. The molecule has 0 amide bonds. The van der Waals surface area contributed by atoms with Crippen LogP contribution in [0.3, 0.4) is 0 Å². The highest BCUT2D eigenvalue weighted by Gasteiger charge is 2.24. The van der Waals surface area contributed by atoms with E-state index in [0.717, 1.165) is 5.92 Å². The van der Waals surface area contributed by atoms with Gasteiger partial charge in [-0.15, -0.1) is 6.58 Å². The van der Waals surface area contributed by atoms with Gasteiger partial charge in [-0.05, 0) is 48.8 Å². The highest BCUT2D eigenvalue weighted by atomic mass is 14.3. The molecule has 1 aromatic carbocycles. The van der Waals surface area contributed by atoms with Gasteiger partial charge >= 0.3 is 0 Å². The lowest BCUT2D eigenvalue weighted by Crippen LogP contribution is -1.95. The predicted octanol–water partition coefficient (Wildman–Crippen LogP) is 4.62. The highest BCUT2D eigenvalue weighted by molar-refractivity contribution is 5.37. The van der Waals surface area contributed by atoms with Gasteiger partial charge in [-0.3, -0.25) is 0 Å². The molecule has 1 saturated carbocycles. The second-order valence-electron chi connectivity index (χ2n) is 4.87. The molecule has 0 N–H and O–H groups in total. The zero-order valence-electron chi connectivity index (χ0n) is 10.2. The minimum atomic E-state index is 0.231. The van der Waals surface area contributed by atoms with Crippen molar-refractivity contribution in [3.63, 3.8) is 0 Å². The smallest absolute Gasteiger partial charge is 0.00158 e. The summed E-state index contributed by atoms with van der Waals surface area (Å²) >= 11 is 0. The lowest BCUT2D eigenvalue weighted by Gasteiger charge is -2.12. The Morgan fingerprint density at radius 3 is 2.69 bits per heavy atom. The predicted molar refractivity (Wildman–Crippen MR) is 70.7 cm³/mol. The van der Waals surface area contributed by atoms with Crippen molar-refractivity contribution in [2.75, 3.05) is 0 Å². The maximum atomic E-state index is 4.13. The first-order valence-electron chi connectivity index (χ1n) is 6.34. The van der Waals surface area contributed by atoms with E-state index in [1.165, 1.54) is 42.4 Å². The molecule has 0 aliphatic heterocycles. The van der Waals surface area contributed by atoms with Crippen LogP contribution in [0.25, 0.3) is 0 Å². The van der Waals surface area contributed by atoms with Crippen LogP contribution in [-0.2, 0) is 6.42 Å². The van der Waals surface area contributed by atoms with Crippen LogP contribution < -0.4 is 0 Å². The fourth-order valence-electron chi connectivity index (χ4n) is 2.18. The van der Waals surface area contributed by atoms with E-state index in [-0.39, 0.29) is 5.92 Å². The number of rotatable bonds is 5. The van der Waals surface area contributed by atoms with Crippen molar-refractivity contribution in [1.82, 2.24) is 0 Å². The topological polar surface area (TPSA) is 0 Å². The molecule has 1 aliphatic carbocycles. The third kappa shape index (κ3) is 2.55. The molecule has 85 valence electrons. The molecule has 0 spiro atoms. The van der Waals surface area contributed by atoms with Crippen LogP contribution in [0.1, 0.15) is 54.7 Å². The van der Waals surface area contributed by atoms with E-state index in [2.05, 4.69) is 38.6 Å². The van der Waals surface area contributed by atoms with E-state index < -0.39 is 0 Å². The van der Waals surface area contributed by atoms with Crippen molar-refractivity contribution in [2.24, 2.45) is 0 Å².